The molecule has 0 saturated heterocycles. The number of aliphatic hydroxyl groups is 1. The molecule has 4 aromatic carbocycles. The van der Waals surface area contributed by atoms with Crippen LogP contribution >= 0.6 is 0 Å². The first-order valence-corrected chi connectivity index (χ1v) is 15.8. The maximum atomic E-state index is 13.5. The fourth-order valence-corrected chi connectivity index (χ4v) is 6.66. The lowest BCUT2D eigenvalue weighted by Crippen LogP contribution is -2.50. The minimum Gasteiger partial charge on any atom is -0.606 e. The van der Waals surface area contributed by atoms with Gasteiger partial charge in [0.15, 0.2) is 9.79 Å². The van der Waals surface area contributed by atoms with Gasteiger partial charge in [0.1, 0.15) is 11.7 Å². The van der Waals surface area contributed by atoms with Crippen LogP contribution in [0.1, 0.15) is 35.2 Å². The van der Waals surface area contributed by atoms with Gasteiger partial charge in [-0.25, -0.2) is 0 Å². The van der Waals surface area contributed by atoms with Crippen LogP contribution in [0.15, 0.2) is 101 Å². The van der Waals surface area contributed by atoms with Gasteiger partial charge in [-0.3, -0.25) is 14.4 Å². The molecule has 0 spiro atoms. The zero-order chi connectivity index (χ0) is 31.1. The Balaban J connectivity index is 1.23. The Morgan fingerprint density at radius 3 is 2.41 bits per heavy atom. The van der Waals surface area contributed by atoms with Crippen LogP contribution in [0.3, 0.4) is 0 Å². The van der Waals surface area contributed by atoms with E-state index in [0.717, 1.165) is 16.3 Å². The molecule has 0 aromatic heterocycles. The summed E-state index contributed by atoms with van der Waals surface area (Å²) < 4.78 is 13.3. The van der Waals surface area contributed by atoms with Crippen molar-refractivity contribution in [2.45, 2.75) is 47.6 Å². The topological polar surface area (TPSA) is 148 Å². The van der Waals surface area contributed by atoms with Gasteiger partial charge in [-0.2, -0.15) is 0 Å². The molecule has 1 aliphatic heterocycles. The summed E-state index contributed by atoms with van der Waals surface area (Å²) in [5.41, 5.74) is 7.37. The summed E-state index contributed by atoms with van der Waals surface area (Å²) in [4.78, 5) is 42.3. The fourth-order valence-electron chi connectivity index (χ4n) is 5.29. The lowest BCUT2D eigenvalue weighted by atomic mass is 10.0. The zero-order valence-electron chi connectivity index (χ0n) is 24.3. The number of hydrogen-bond donors (Lipinski definition) is 4. The second-order valence-electron chi connectivity index (χ2n) is 10.8. The zero-order valence-corrected chi connectivity index (χ0v) is 25.1. The van der Waals surface area contributed by atoms with E-state index in [9.17, 15) is 24.0 Å². The van der Waals surface area contributed by atoms with E-state index in [1.54, 1.807) is 47.4 Å². The molecule has 3 atom stereocenters. The largest absolute Gasteiger partial charge is 0.606 e. The SMILES string of the molecule is NC[C@@H](O)CNC(=O)C(Cc1ccc2ccccc2c1)NC(=O)CCCCN1C(=O)c2ccccc2[S+]([O-])c2ccccc21. The van der Waals surface area contributed by atoms with Crippen LogP contribution in [0.5, 0.6) is 0 Å². The van der Waals surface area contributed by atoms with E-state index in [1.807, 2.05) is 48.5 Å². The monoisotopic (exact) mass is 612 g/mol. The summed E-state index contributed by atoms with van der Waals surface area (Å²) in [6.07, 6.45) is 0.536. The van der Waals surface area contributed by atoms with E-state index < -0.39 is 29.2 Å². The van der Waals surface area contributed by atoms with Crippen molar-refractivity contribution in [3.63, 3.8) is 0 Å². The van der Waals surface area contributed by atoms with Crippen LogP contribution < -0.4 is 21.3 Å². The first kappa shape index (κ1) is 31.2. The van der Waals surface area contributed by atoms with E-state index >= 15 is 0 Å². The number of anilines is 1. The molecule has 10 heteroatoms. The molecule has 0 fully saturated rings. The van der Waals surface area contributed by atoms with Crippen molar-refractivity contribution in [1.82, 2.24) is 10.6 Å². The second kappa shape index (κ2) is 14.5. The molecule has 0 aliphatic carbocycles. The van der Waals surface area contributed by atoms with Crippen molar-refractivity contribution >= 4 is 45.4 Å². The lowest BCUT2D eigenvalue weighted by Gasteiger charge is -2.22. The standard InChI is InChI=1S/C34H36N4O5S/c35-21-26(39)22-36-33(41)28(20-23-16-17-24-9-1-2-10-25(24)19-23)37-32(40)15-7-8-18-38-29-12-4-6-14-31(29)44(43)30-13-5-3-11-27(30)34(38)42/h1-6,9-14,16-17,19,26,28,39H,7-8,15,18,20-22,35H2,(H,36,41)(H,37,40)/t26-,28?,44?/m1/s1. The number of nitrogens with two attached hydrogens (primary N) is 1. The summed E-state index contributed by atoms with van der Waals surface area (Å²) in [5, 5.41) is 17.5. The van der Waals surface area contributed by atoms with Crippen molar-refractivity contribution in [2.24, 2.45) is 5.73 Å². The third-order valence-corrected chi connectivity index (χ3v) is 9.14. The molecule has 9 nitrogen and oxygen atoms in total. The fraction of sp³-hybridized carbons (Fsp3) is 0.265. The third kappa shape index (κ3) is 7.28. The van der Waals surface area contributed by atoms with E-state index in [2.05, 4.69) is 10.6 Å². The van der Waals surface area contributed by atoms with Gasteiger partial charge in [0, 0.05) is 43.7 Å². The molecule has 5 rings (SSSR count). The van der Waals surface area contributed by atoms with Crippen molar-refractivity contribution in [2.75, 3.05) is 24.5 Å². The molecule has 1 aliphatic rings. The average molecular weight is 613 g/mol. The molecule has 0 radical (unpaired) electrons. The number of aliphatic hydroxyl groups excluding tert-OH is 1. The molecule has 2 unspecified atom stereocenters. The summed E-state index contributed by atoms with van der Waals surface area (Å²) in [6, 6.07) is 27.1. The second-order valence-corrected chi connectivity index (χ2v) is 12.2. The highest BCUT2D eigenvalue weighted by atomic mass is 32.2. The number of para-hydroxylation sites is 1. The van der Waals surface area contributed by atoms with E-state index in [-0.39, 0.29) is 37.7 Å². The quantitative estimate of drug-likeness (QED) is 0.143. The van der Waals surface area contributed by atoms with Crippen molar-refractivity contribution in [1.29, 1.82) is 0 Å². The molecule has 3 amide bonds. The highest BCUT2D eigenvalue weighted by Crippen LogP contribution is 2.36. The normalized spacial score (nSPS) is 15.6. The van der Waals surface area contributed by atoms with E-state index in [0.29, 0.717) is 40.4 Å². The summed E-state index contributed by atoms with van der Waals surface area (Å²) in [7, 11) is 0. The molecule has 4 aromatic rings. The van der Waals surface area contributed by atoms with Gasteiger partial charge in [0.25, 0.3) is 5.91 Å². The van der Waals surface area contributed by atoms with Gasteiger partial charge < -0.3 is 30.9 Å². The number of carbonyl (C=O) groups is 3. The molecular weight excluding hydrogens is 576 g/mol. The number of unbranched alkanes of at least 4 members (excludes halogenated alkanes) is 1. The van der Waals surface area contributed by atoms with Gasteiger partial charge in [-0.15, -0.1) is 0 Å². The summed E-state index contributed by atoms with van der Waals surface area (Å²) >= 11 is -1.49. The molecule has 0 saturated carbocycles. The molecule has 228 valence electrons. The minimum absolute atomic E-state index is 0.00741. The van der Waals surface area contributed by atoms with Crippen LogP contribution in [-0.4, -0.2) is 59.2 Å². The number of hydrogen-bond acceptors (Lipinski definition) is 6. The van der Waals surface area contributed by atoms with Gasteiger partial charge >= 0.3 is 0 Å². The average Bonchev–Trinajstić information content (AvgIpc) is 3.14. The predicted octanol–water partition coefficient (Wildman–Crippen LogP) is 3.30. The van der Waals surface area contributed by atoms with Crippen LogP contribution in [-0.2, 0) is 27.2 Å². The number of nitrogens with zero attached hydrogens (tertiary/aromatic N) is 1. The van der Waals surface area contributed by atoms with Gasteiger partial charge in [-0.05, 0) is 53.4 Å². The van der Waals surface area contributed by atoms with Crippen LogP contribution in [0.2, 0.25) is 0 Å². The number of rotatable bonds is 12. The van der Waals surface area contributed by atoms with Crippen molar-refractivity contribution < 1.29 is 24.0 Å². The molecular formula is C34H36N4O5S. The number of carbonyl (C=O) groups excluding carboxylic acids is 3. The van der Waals surface area contributed by atoms with Gasteiger partial charge in [0.05, 0.1) is 11.7 Å². The Morgan fingerprint density at radius 2 is 1.61 bits per heavy atom. The number of fused-ring (bicyclic) bond motifs is 3. The predicted molar refractivity (Wildman–Crippen MR) is 171 cm³/mol. The van der Waals surface area contributed by atoms with Crippen LogP contribution in [0, 0.1) is 0 Å². The van der Waals surface area contributed by atoms with Gasteiger partial charge in [-0.1, -0.05) is 66.7 Å². The number of amides is 3. The summed E-state index contributed by atoms with van der Waals surface area (Å²) in [5.74, 6) is -0.924. The Labute approximate surface area is 259 Å². The highest BCUT2D eigenvalue weighted by Gasteiger charge is 2.34. The molecule has 5 N–H and O–H groups in total. The number of benzene rings is 4. The Bertz CT molecular complexity index is 1650. The molecule has 0 bridgehead atoms. The van der Waals surface area contributed by atoms with E-state index in [4.69, 9.17) is 5.73 Å². The van der Waals surface area contributed by atoms with Crippen molar-refractivity contribution in [3.8, 4) is 0 Å². The van der Waals surface area contributed by atoms with Gasteiger partial charge in [0.2, 0.25) is 11.8 Å². The first-order valence-electron chi connectivity index (χ1n) is 14.7. The smallest absolute Gasteiger partial charge is 0.263 e. The Morgan fingerprint density at radius 1 is 0.909 bits per heavy atom. The summed E-state index contributed by atoms with van der Waals surface area (Å²) in [6.45, 7) is 0.332. The first-order chi connectivity index (χ1) is 21.4. The Kier molecular flexibility index (Phi) is 10.3. The van der Waals surface area contributed by atoms with E-state index in [1.165, 1.54) is 0 Å². The minimum atomic E-state index is -1.49. The van der Waals surface area contributed by atoms with Crippen LogP contribution in [0.25, 0.3) is 10.8 Å². The molecule has 1 heterocycles. The third-order valence-electron chi connectivity index (χ3n) is 7.64. The maximum Gasteiger partial charge on any atom is 0.263 e. The number of nitrogens with one attached hydrogen (secondary N) is 2. The van der Waals surface area contributed by atoms with Crippen molar-refractivity contribution in [3.05, 3.63) is 102 Å². The van der Waals surface area contributed by atoms with Crippen LogP contribution in [0.4, 0.5) is 5.69 Å². The Hall–Kier alpha value is -4.22. The maximum absolute atomic E-state index is 13.5. The lowest BCUT2D eigenvalue weighted by molar-refractivity contribution is -0.129. The highest BCUT2D eigenvalue weighted by molar-refractivity contribution is 7.91. The molecule has 44 heavy (non-hydrogen) atoms.